The average Bonchev–Trinajstić information content (AvgIpc) is 2.46. The summed E-state index contributed by atoms with van der Waals surface area (Å²) in [6.45, 7) is 3.09. The Balaban J connectivity index is 2.61. The first-order valence-corrected chi connectivity index (χ1v) is 7.31. The van der Waals surface area contributed by atoms with Gasteiger partial charge in [-0.25, -0.2) is 0 Å². The predicted molar refractivity (Wildman–Crippen MR) is 87.6 cm³/mol. The minimum atomic E-state index is -0.732. The number of hydrogen-bond donors (Lipinski definition) is 2. The monoisotopic (exact) mass is 327 g/mol. The lowest BCUT2D eigenvalue weighted by Gasteiger charge is -2.12. The molecule has 0 bridgehead atoms. The largest absolute Gasteiger partial charge is 0.495 e. The van der Waals surface area contributed by atoms with Gasteiger partial charge in [-0.2, -0.15) is 0 Å². The van der Waals surface area contributed by atoms with Crippen molar-refractivity contribution in [2.75, 3.05) is 39.6 Å². The third-order valence-corrected chi connectivity index (χ3v) is 3.41. The van der Waals surface area contributed by atoms with Crippen LogP contribution in [0.25, 0.3) is 0 Å². The molecule has 22 heavy (non-hydrogen) atoms. The topological polar surface area (TPSA) is 70.7 Å². The number of benzene rings is 1. The highest BCUT2D eigenvalue weighted by Crippen LogP contribution is 2.30. The van der Waals surface area contributed by atoms with E-state index in [-0.39, 0.29) is 0 Å². The predicted octanol–water partition coefficient (Wildman–Crippen LogP) is 1.66. The molecule has 1 aromatic carbocycles. The highest BCUT2D eigenvalue weighted by Gasteiger charge is 2.16. The summed E-state index contributed by atoms with van der Waals surface area (Å²) in [4.78, 5) is 25.6. The number of anilines is 1. The van der Waals surface area contributed by atoms with E-state index in [9.17, 15) is 9.59 Å². The first kappa shape index (κ1) is 18.3. The number of amides is 2. The van der Waals surface area contributed by atoms with Crippen molar-refractivity contribution in [3.05, 3.63) is 22.7 Å². The summed E-state index contributed by atoms with van der Waals surface area (Å²) >= 11 is 6.00. The molecule has 0 saturated heterocycles. The highest BCUT2D eigenvalue weighted by atomic mass is 35.5. The standard InChI is InChI=1S/C15H22ClN3O3/c1-10-8-12(13(22-4)9-11(10)16)18-15(21)14(20)17-6-5-7-19(2)3/h8-9H,5-7H2,1-4H3,(H,17,20)(H,18,21). The van der Waals surface area contributed by atoms with E-state index in [1.54, 1.807) is 19.1 Å². The number of nitrogens with zero attached hydrogens (tertiary/aromatic N) is 1. The van der Waals surface area contributed by atoms with E-state index < -0.39 is 11.8 Å². The van der Waals surface area contributed by atoms with Crippen LogP contribution >= 0.6 is 11.6 Å². The molecule has 0 saturated carbocycles. The lowest BCUT2D eigenvalue weighted by molar-refractivity contribution is -0.136. The Morgan fingerprint density at radius 2 is 1.95 bits per heavy atom. The summed E-state index contributed by atoms with van der Waals surface area (Å²) in [5, 5.41) is 5.64. The van der Waals surface area contributed by atoms with Crippen molar-refractivity contribution in [3.63, 3.8) is 0 Å². The second kappa shape index (κ2) is 8.60. The van der Waals surface area contributed by atoms with Crippen molar-refractivity contribution in [1.29, 1.82) is 0 Å². The van der Waals surface area contributed by atoms with Crippen molar-refractivity contribution in [1.82, 2.24) is 10.2 Å². The van der Waals surface area contributed by atoms with Crippen molar-refractivity contribution < 1.29 is 14.3 Å². The van der Waals surface area contributed by atoms with Crippen LogP contribution in [0, 0.1) is 6.92 Å². The van der Waals surface area contributed by atoms with Crippen molar-refractivity contribution in [2.45, 2.75) is 13.3 Å². The number of halogens is 1. The van der Waals surface area contributed by atoms with E-state index in [0.717, 1.165) is 18.5 Å². The van der Waals surface area contributed by atoms with Gasteiger partial charge in [0.05, 0.1) is 12.8 Å². The second-order valence-electron chi connectivity index (χ2n) is 5.17. The normalized spacial score (nSPS) is 10.5. The molecule has 2 amide bonds. The summed E-state index contributed by atoms with van der Waals surface area (Å²) < 4.78 is 5.15. The molecule has 0 radical (unpaired) electrons. The molecular formula is C15H22ClN3O3. The van der Waals surface area contributed by atoms with Gasteiger partial charge in [-0.05, 0) is 45.6 Å². The van der Waals surface area contributed by atoms with Crippen LogP contribution in [0.1, 0.15) is 12.0 Å². The first-order chi connectivity index (χ1) is 10.3. The van der Waals surface area contributed by atoms with Crippen LogP contribution in [0.5, 0.6) is 5.75 Å². The SMILES string of the molecule is COc1cc(Cl)c(C)cc1NC(=O)C(=O)NCCCN(C)C. The minimum Gasteiger partial charge on any atom is -0.495 e. The molecule has 1 rings (SSSR count). The van der Waals surface area contributed by atoms with Crippen molar-refractivity contribution >= 4 is 29.1 Å². The van der Waals surface area contributed by atoms with Crippen LogP contribution in [0.3, 0.4) is 0 Å². The Morgan fingerprint density at radius 3 is 2.55 bits per heavy atom. The Kier molecular flexibility index (Phi) is 7.14. The van der Waals surface area contributed by atoms with E-state index in [1.807, 2.05) is 19.0 Å². The summed E-state index contributed by atoms with van der Waals surface area (Å²) in [5.41, 5.74) is 1.20. The Hall–Kier alpha value is -1.79. The van der Waals surface area contributed by atoms with E-state index in [1.165, 1.54) is 7.11 Å². The number of rotatable bonds is 6. The zero-order chi connectivity index (χ0) is 16.7. The number of aryl methyl sites for hydroxylation is 1. The van der Waals surface area contributed by atoms with Crippen LogP contribution in [-0.4, -0.2) is 51.0 Å². The van der Waals surface area contributed by atoms with Crippen molar-refractivity contribution in [2.24, 2.45) is 0 Å². The maximum Gasteiger partial charge on any atom is 0.313 e. The first-order valence-electron chi connectivity index (χ1n) is 6.93. The number of carbonyl (C=O) groups is 2. The molecule has 0 unspecified atom stereocenters. The number of hydrogen-bond acceptors (Lipinski definition) is 4. The Morgan fingerprint density at radius 1 is 1.27 bits per heavy atom. The molecule has 0 fully saturated rings. The number of ether oxygens (including phenoxy) is 1. The molecule has 0 aliphatic carbocycles. The van der Waals surface area contributed by atoms with Crippen LogP contribution in [0.4, 0.5) is 5.69 Å². The molecule has 0 aromatic heterocycles. The molecule has 0 atom stereocenters. The van der Waals surface area contributed by atoms with Crippen LogP contribution < -0.4 is 15.4 Å². The van der Waals surface area contributed by atoms with Gasteiger partial charge >= 0.3 is 11.8 Å². The zero-order valence-corrected chi connectivity index (χ0v) is 14.1. The Labute approximate surface area is 135 Å². The molecular weight excluding hydrogens is 306 g/mol. The van der Waals surface area contributed by atoms with Gasteiger partial charge in [0.1, 0.15) is 5.75 Å². The van der Waals surface area contributed by atoms with Gasteiger partial charge in [-0.3, -0.25) is 9.59 Å². The van der Waals surface area contributed by atoms with E-state index in [2.05, 4.69) is 10.6 Å². The third-order valence-electron chi connectivity index (χ3n) is 3.00. The minimum absolute atomic E-state index is 0.407. The van der Waals surface area contributed by atoms with E-state index >= 15 is 0 Å². The van der Waals surface area contributed by atoms with Gasteiger partial charge in [0.15, 0.2) is 0 Å². The molecule has 0 aliphatic rings. The zero-order valence-electron chi connectivity index (χ0n) is 13.3. The van der Waals surface area contributed by atoms with Crippen LogP contribution in [0.2, 0.25) is 5.02 Å². The maximum atomic E-state index is 11.9. The summed E-state index contributed by atoms with van der Waals surface area (Å²) in [5.74, 6) is -0.998. The molecule has 7 heteroatoms. The van der Waals surface area contributed by atoms with E-state index in [0.29, 0.717) is 23.0 Å². The number of carbonyl (C=O) groups excluding carboxylic acids is 2. The number of nitrogens with one attached hydrogen (secondary N) is 2. The maximum absolute atomic E-state index is 11.9. The summed E-state index contributed by atoms with van der Waals surface area (Å²) in [6, 6.07) is 3.26. The van der Waals surface area contributed by atoms with Gasteiger partial charge in [0, 0.05) is 17.6 Å². The summed E-state index contributed by atoms with van der Waals surface area (Å²) in [7, 11) is 5.37. The summed E-state index contributed by atoms with van der Waals surface area (Å²) in [6.07, 6.45) is 0.773. The molecule has 0 spiro atoms. The van der Waals surface area contributed by atoms with Gasteiger partial charge in [-0.15, -0.1) is 0 Å². The average molecular weight is 328 g/mol. The van der Waals surface area contributed by atoms with E-state index in [4.69, 9.17) is 16.3 Å². The number of methoxy groups -OCH3 is 1. The lowest BCUT2D eigenvalue weighted by Crippen LogP contribution is -2.36. The van der Waals surface area contributed by atoms with Gasteiger partial charge in [-0.1, -0.05) is 11.6 Å². The molecule has 6 nitrogen and oxygen atoms in total. The van der Waals surface area contributed by atoms with Gasteiger partial charge < -0.3 is 20.3 Å². The van der Waals surface area contributed by atoms with Gasteiger partial charge in [0.2, 0.25) is 0 Å². The fourth-order valence-electron chi connectivity index (χ4n) is 1.79. The van der Waals surface area contributed by atoms with Crippen LogP contribution in [-0.2, 0) is 9.59 Å². The molecule has 0 heterocycles. The smallest absolute Gasteiger partial charge is 0.313 e. The molecule has 1 aromatic rings. The fraction of sp³-hybridized carbons (Fsp3) is 0.467. The van der Waals surface area contributed by atoms with Crippen LogP contribution in [0.15, 0.2) is 12.1 Å². The fourth-order valence-corrected chi connectivity index (χ4v) is 1.94. The molecule has 2 N–H and O–H groups in total. The lowest BCUT2D eigenvalue weighted by atomic mass is 10.2. The Bertz CT molecular complexity index is 547. The molecule has 122 valence electrons. The quantitative estimate of drug-likeness (QED) is 0.616. The highest BCUT2D eigenvalue weighted by molar-refractivity contribution is 6.40. The third kappa shape index (κ3) is 5.54. The van der Waals surface area contributed by atoms with Crippen molar-refractivity contribution in [3.8, 4) is 5.75 Å². The molecule has 0 aliphatic heterocycles. The van der Waals surface area contributed by atoms with Gasteiger partial charge in [0.25, 0.3) is 0 Å². The second-order valence-corrected chi connectivity index (χ2v) is 5.58.